The molecule has 2 aromatic rings. The van der Waals surface area contributed by atoms with Gasteiger partial charge in [0.25, 0.3) is 0 Å². The van der Waals surface area contributed by atoms with E-state index in [2.05, 4.69) is 4.72 Å². The molecule has 22 heavy (non-hydrogen) atoms. The molecule has 0 aliphatic heterocycles. The minimum atomic E-state index is -3.70. The van der Waals surface area contributed by atoms with E-state index < -0.39 is 16.1 Å². The zero-order valence-electron chi connectivity index (χ0n) is 12.2. The lowest BCUT2D eigenvalue weighted by molar-refractivity contribution is 0.179. The number of halogens is 1. The lowest BCUT2D eigenvalue weighted by atomic mass is 10.1. The van der Waals surface area contributed by atoms with Gasteiger partial charge in [0.15, 0.2) is 0 Å². The predicted octanol–water partition coefficient (Wildman–Crippen LogP) is 2.53. The summed E-state index contributed by atoms with van der Waals surface area (Å²) in [5.41, 5.74) is 1.56. The van der Waals surface area contributed by atoms with Gasteiger partial charge in [0.2, 0.25) is 10.0 Å². The number of aryl methyl sites for hydroxylation is 1. The maximum atomic E-state index is 12.3. The van der Waals surface area contributed by atoms with Crippen molar-refractivity contribution < 1.29 is 13.5 Å². The van der Waals surface area contributed by atoms with Crippen molar-refractivity contribution in [2.24, 2.45) is 0 Å². The Balaban J connectivity index is 2.02. The molecule has 2 rings (SSSR count). The Hall–Kier alpha value is -1.40. The van der Waals surface area contributed by atoms with E-state index >= 15 is 0 Å². The van der Waals surface area contributed by atoms with Gasteiger partial charge in [0.05, 0.1) is 11.0 Å². The summed E-state index contributed by atoms with van der Waals surface area (Å²) in [5.74, 6) is 0. The number of aliphatic hydroxyl groups is 1. The van der Waals surface area contributed by atoms with Crippen molar-refractivity contribution in [2.45, 2.75) is 24.3 Å². The maximum absolute atomic E-state index is 12.3. The molecule has 0 radical (unpaired) electrons. The zero-order valence-corrected chi connectivity index (χ0v) is 13.7. The quantitative estimate of drug-likeness (QED) is 0.850. The molecule has 0 aromatic heterocycles. The maximum Gasteiger partial charge on any atom is 0.240 e. The summed E-state index contributed by atoms with van der Waals surface area (Å²) in [7, 11) is -3.70. The first kappa shape index (κ1) is 17.0. The van der Waals surface area contributed by atoms with Crippen molar-refractivity contribution >= 4 is 21.6 Å². The predicted molar refractivity (Wildman–Crippen MR) is 87.5 cm³/mol. The normalized spacial score (nSPS) is 13.0. The van der Waals surface area contributed by atoms with Crippen LogP contribution in [-0.4, -0.2) is 26.2 Å². The molecule has 0 fully saturated rings. The van der Waals surface area contributed by atoms with Crippen LogP contribution in [0, 0.1) is 6.92 Å². The summed E-state index contributed by atoms with van der Waals surface area (Å²) < 4.78 is 27.0. The molecule has 0 unspecified atom stereocenters. The molecular weight excluding hydrogens is 322 g/mol. The van der Waals surface area contributed by atoms with Crippen LogP contribution < -0.4 is 4.72 Å². The molecule has 4 nitrogen and oxygen atoms in total. The Morgan fingerprint density at radius 3 is 2.55 bits per heavy atom. The van der Waals surface area contributed by atoms with Crippen molar-refractivity contribution in [1.29, 1.82) is 0 Å². The van der Waals surface area contributed by atoms with E-state index in [0.29, 0.717) is 17.0 Å². The van der Waals surface area contributed by atoms with Gasteiger partial charge in [-0.05, 0) is 36.6 Å². The minimum absolute atomic E-state index is 0.0524. The highest BCUT2D eigenvalue weighted by atomic mass is 35.5. The van der Waals surface area contributed by atoms with E-state index in [0.717, 1.165) is 5.56 Å². The van der Waals surface area contributed by atoms with Crippen LogP contribution in [-0.2, 0) is 16.4 Å². The van der Waals surface area contributed by atoms with Crippen LogP contribution in [0.4, 0.5) is 0 Å². The lowest BCUT2D eigenvalue weighted by Crippen LogP contribution is -2.33. The number of hydrogen-bond donors (Lipinski definition) is 2. The van der Waals surface area contributed by atoms with Crippen molar-refractivity contribution in [1.82, 2.24) is 4.72 Å². The van der Waals surface area contributed by atoms with E-state index in [-0.39, 0.29) is 11.4 Å². The standard InChI is InChI=1S/C16H18ClNO3S/c1-12-7-8-14(17)10-16(12)22(20,21)18-11-15(19)9-13-5-3-2-4-6-13/h2-8,10,15,18-19H,9,11H2,1H3/t15-/m0/s1. The number of sulfonamides is 1. The van der Waals surface area contributed by atoms with Gasteiger partial charge in [-0.1, -0.05) is 48.0 Å². The van der Waals surface area contributed by atoms with Crippen LogP contribution >= 0.6 is 11.6 Å². The van der Waals surface area contributed by atoms with Crippen molar-refractivity contribution in [2.75, 3.05) is 6.54 Å². The fourth-order valence-electron chi connectivity index (χ4n) is 2.11. The third-order valence-electron chi connectivity index (χ3n) is 3.26. The fourth-order valence-corrected chi connectivity index (χ4v) is 3.68. The van der Waals surface area contributed by atoms with Crippen LogP contribution in [0.5, 0.6) is 0 Å². The van der Waals surface area contributed by atoms with E-state index in [1.807, 2.05) is 30.3 Å². The first-order valence-electron chi connectivity index (χ1n) is 6.86. The Kier molecular flexibility index (Phi) is 5.58. The van der Waals surface area contributed by atoms with Crippen LogP contribution in [0.15, 0.2) is 53.4 Å². The molecular formula is C16H18ClNO3S. The second kappa shape index (κ2) is 7.24. The van der Waals surface area contributed by atoms with Gasteiger partial charge in [-0.3, -0.25) is 0 Å². The summed E-state index contributed by atoms with van der Waals surface area (Å²) in [4.78, 5) is 0.131. The summed E-state index contributed by atoms with van der Waals surface area (Å²) in [6.45, 7) is 1.65. The Bertz CT molecular complexity index is 732. The van der Waals surface area contributed by atoms with Crippen molar-refractivity contribution in [3.05, 3.63) is 64.7 Å². The monoisotopic (exact) mass is 339 g/mol. The largest absolute Gasteiger partial charge is 0.391 e. The molecule has 0 amide bonds. The van der Waals surface area contributed by atoms with Gasteiger partial charge in [-0.25, -0.2) is 13.1 Å². The van der Waals surface area contributed by atoms with Crippen LogP contribution in [0.3, 0.4) is 0 Å². The average molecular weight is 340 g/mol. The first-order chi connectivity index (χ1) is 10.4. The molecule has 0 aliphatic rings. The highest BCUT2D eigenvalue weighted by Gasteiger charge is 2.18. The highest BCUT2D eigenvalue weighted by Crippen LogP contribution is 2.20. The van der Waals surface area contributed by atoms with Crippen LogP contribution in [0.1, 0.15) is 11.1 Å². The zero-order chi connectivity index (χ0) is 16.2. The smallest absolute Gasteiger partial charge is 0.240 e. The molecule has 0 heterocycles. The summed E-state index contributed by atoms with van der Waals surface area (Å²) in [5, 5.41) is 10.3. The second-order valence-corrected chi connectivity index (χ2v) is 7.28. The van der Waals surface area contributed by atoms with Gasteiger partial charge in [0, 0.05) is 11.6 Å². The molecule has 0 saturated heterocycles. The van der Waals surface area contributed by atoms with E-state index in [9.17, 15) is 13.5 Å². The highest BCUT2D eigenvalue weighted by molar-refractivity contribution is 7.89. The molecule has 2 aromatic carbocycles. The lowest BCUT2D eigenvalue weighted by Gasteiger charge is -2.13. The third-order valence-corrected chi connectivity index (χ3v) is 5.06. The number of aliphatic hydroxyl groups excluding tert-OH is 1. The summed E-state index contributed by atoms with van der Waals surface area (Å²) in [6.07, 6.45) is -0.408. The van der Waals surface area contributed by atoms with Gasteiger partial charge in [-0.2, -0.15) is 0 Å². The Labute approximate surface area is 135 Å². The SMILES string of the molecule is Cc1ccc(Cl)cc1S(=O)(=O)NC[C@@H](O)Cc1ccccc1. The fraction of sp³-hybridized carbons (Fsp3) is 0.250. The number of hydrogen-bond acceptors (Lipinski definition) is 3. The van der Waals surface area contributed by atoms with Gasteiger partial charge in [-0.15, -0.1) is 0 Å². The molecule has 6 heteroatoms. The molecule has 0 saturated carbocycles. The van der Waals surface area contributed by atoms with Crippen molar-refractivity contribution in [3.63, 3.8) is 0 Å². The molecule has 1 atom stereocenters. The van der Waals surface area contributed by atoms with Gasteiger partial charge in [0.1, 0.15) is 0 Å². The van der Waals surface area contributed by atoms with Crippen LogP contribution in [0.25, 0.3) is 0 Å². The first-order valence-corrected chi connectivity index (χ1v) is 8.72. The molecule has 0 bridgehead atoms. The number of rotatable bonds is 6. The average Bonchev–Trinajstić information content (AvgIpc) is 2.49. The Morgan fingerprint density at radius 1 is 1.18 bits per heavy atom. The summed E-state index contributed by atoms with van der Waals surface area (Å²) in [6, 6.07) is 14.1. The minimum Gasteiger partial charge on any atom is -0.391 e. The third kappa shape index (κ3) is 4.55. The van der Waals surface area contributed by atoms with E-state index in [4.69, 9.17) is 11.6 Å². The summed E-state index contributed by atoms with van der Waals surface area (Å²) >= 11 is 5.85. The molecule has 118 valence electrons. The molecule has 0 spiro atoms. The van der Waals surface area contributed by atoms with E-state index in [1.54, 1.807) is 19.1 Å². The topological polar surface area (TPSA) is 66.4 Å². The van der Waals surface area contributed by atoms with E-state index in [1.165, 1.54) is 6.07 Å². The molecule has 2 N–H and O–H groups in total. The second-order valence-electron chi connectivity index (χ2n) is 5.11. The van der Waals surface area contributed by atoms with Crippen molar-refractivity contribution in [3.8, 4) is 0 Å². The number of benzene rings is 2. The Morgan fingerprint density at radius 2 is 1.86 bits per heavy atom. The van der Waals surface area contributed by atoms with Gasteiger partial charge < -0.3 is 5.11 Å². The van der Waals surface area contributed by atoms with Crippen LogP contribution in [0.2, 0.25) is 5.02 Å². The van der Waals surface area contributed by atoms with Gasteiger partial charge >= 0.3 is 0 Å². The number of nitrogens with one attached hydrogen (secondary N) is 1. The molecule has 0 aliphatic carbocycles.